The highest BCUT2D eigenvalue weighted by molar-refractivity contribution is 7.90. The lowest BCUT2D eigenvalue weighted by atomic mass is 9.84. The van der Waals surface area contributed by atoms with Crippen molar-refractivity contribution < 1.29 is 115 Å². The molecular formula is C99H143N23O24S2. The lowest BCUT2D eigenvalue weighted by molar-refractivity contribution is -0.153. The summed E-state index contributed by atoms with van der Waals surface area (Å²) in [6.45, 7) is 10.8. The van der Waals surface area contributed by atoms with Crippen molar-refractivity contribution in [1.29, 1.82) is 0 Å². The first kappa shape index (κ1) is 115. The molecule has 4 fully saturated rings. The molecule has 0 radical (unpaired) electrons. The maximum Gasteiger partial charge on any atom is 0.329 e. The minimum absolute atomic E-state index is 0.0200. The van der Waals surface area contributed by atoms with Crippen LogP contribution in [0.5, 0.6) is 0 Å². The lowest BCUT2D eigenvalue weighted by Crippen LogP contribution is -2.62. The van der Waals surface area contributed by atoms with E-state index in [1.165, 1.54) is 38.1 Å². The molecule has 47 nitrogen and oxygen atoms in total. The highest BCUT2D eigenvalue weighted by atomic mass is 32.2. The van der Waals surface area contributed by atoms with Crippen molar-refractivity contribution in [2.45, 2.75) is 247 Å². The van der Waals surface area contributed by atoms with Crippen LogP contribution >= 0.6 is 0 Å². The normalized spacial score (nSPS) is 17.5. The molecule has 0 aliphatic carbocycles. The third-order valence-corrected chi connectivity index (χ3v) is 29.5. The van der Waals surface area contributed by atoms with E-state index < -0.39 is 138 Å². The van der Waals surface area contributed by atoms with E-state index in [2.05, 4.69) is 118 Å². The zero-order valence-corrected chi connectivity index (χ0v) is 86.0. The van der Waals surface area contributed by atoms with Gasteiger partial charge in [-0.15, -0.1) is 0 Å². The predicted molar refractivity (Wildman–Crippen MR) is 546 cm³/mol. The number of anilines is 4. The number of carbonyl (C=O) groups is 12. The van der Waals surface area contributed by atoms with Crippen molar-refractivity contribution >= 4 is 115 Å². The fourth-order valence-electron chi connectivity index (χ4n) is 18.7. The Bertz CT molecular complexity index is 5680. The van der Waals surface area contributed by atoms with Crippen molar-refractivity contribution in [2.24, 2.45) is 0 Å². The quantitative estimate of drug-likeness (QED) is 0.0247. The van der Waals surface area contributed by atoms with Crippen LogP contribution in [0.15, 0.2) is 79.0 Å². The number of aromatic nitrogens is 7. The molecule has 810 valence electrons. The molecule has 4 saturated heterocycles. The van der Waals surface area contributed by atoms with Gasteiger partial charge < -0.3 is 124 Å². The molecule has 49 heteroatoms. The van der Waals surface area contributed by atoms with Gasteiger partial charge in [0.1, 0.15) is 48.6 Å². The van der Waals surface area contributed by atoms with Gasteiger partial charge in [0.05, 0.1) is 33.9 Å². The van der Waals surface area contributed by atoms with Gasteiger partial charge in [-0.05, 0) is 232 Å². The molecule has 148 heavy (non-hydrogen) atoms. The standard InChI is InChI=1S/C27H36N6O5.C26H37N7O5.2C23H35N5O7S/c1-2-19-7-3-9-21(30-19)24(34)32-22(25(35)36)27(38)12-16-33(17-13-27)26(37)29-15-5-8-20-11-10-18-6-4-14-28-23(18)31-20;1-18-8-14-29-33(18)15-9-21(34)31-22(24(35)36)26(38)10-16-32(17-11-26)25(37)28-13-3-5-20-7-6-19-4-2-12-27-23(19)30-20;2*1-36(34,35)15-8-18(29)27-19(21(30)31)23(33)9-13-28(14-10-23)22(32)25-12-3-5-17-7-6-16-4-2-11-24-20(16)26-17/h3,7,9-11,22,38H,2,4-6,8,12-17H2,1H3,(H,28,31)(H,29,37)(H,32,34)(H,35,36);6-8,14,22,38H,2-5,9-13,15-17H2,1H3,(H,27,30)(H,28,37)(H,31,34)(H,35,36);2*6-7,19,33H,2-5,8-15H2,1H3,(H,24,26)(H,25,32)(H,27,29)(H,30,31). The van der Waals surface area contributed by atoms with Gasteiger partial charge in [0, 0.05) is 183 Å². The monoisotopic (exact) mass is 2100 g/mol. The summed E-state index contributed by atoms with van der Waals surface area (Å²) in [5.41, 5.74) is 3.66. The number of aryl methyl sites for hydroxylation is 11. The van der Waals surface area contributed by atoms with Crippen LogP contribution < -0.4 is 63.8 Å². The number of urea groups is 4. The SMILES string of the molecule is CCc1cccc(C(=O)NC(C(=O)O)C2(O)CCN(C(=O)NCCCc3ccc4c(n3)NCCC4)CC2)n1.CS(=O)(=O)CCC(=O)NC(C(=O)O)C1(O)CCN(C(=O)NCCCc2ccc3c(n2)NCCC3)CC1.CS(=O)(=O)CCC(=O)NC(C(=O)O)C1(O)CCN(C(=O)NCCCc2ccc3c(n2)NCCC3)CC1.Cc1ccnn1CCC(=O)NC(C(=O)O)C1(O)CCN(C(=O)NCCCc2ccc3c(n2)NCCC3)CC1. The molecule has 0 spiro atoms. The average molecular weight is 2100 g/mol. The number of amides is 12. The minimum atomic E-state index is -3.39. The van der Waals surface area contributed by atoms with Gasteiger partial charge >= 0.3 is 48.0 Å². The summed E-state index contributed by atoms with van der Waals surface area (Å²) < 4.78 is 46.6. The van der Waals surface area contributed by atoms with E-state index in [1.54, 1.807) is 32.8 Å². The van der Waals surface area contributed by atoms with Crippen LogP contribution in [-0.4, -0.2) is 359 Å². The summed E-state index contributed by atoms with van der Waals surface area (Å²) in [6, 6.07) is 16.0. The zero-order valence-electron chi connectivity index (χ0n) is 84.4. The summed E-state index contributed by atoms with van der Waals surface area (Å²) >= 11 is 0. The molecular weight excluding hydrogens is 1960 g/mol. The van der Waals surface area contributed by atoms with Crippen LogP contribution in [0, 0.1) is 6.92 Å². The van der Waals surface area contributed by atoms with Crippen LogP contribution in [0.2, 0.25) is 0 Å². The average Bonchev–Trinajstić information content (AvgIpc) is 1.22. The Morgan fingerprint density at radius 3 is 0.926 bits per heavy atom. The third-order valence-electron chi connectivity index (χ3n) is 27.6. The number of aliphatic carboxylic acids is 4. The second kappa shape index (κ2) is 54.1. The first-order valence-corrected chi connectivity index (χ1v) is 54.9. The lowest BCUT2D eigenvalue weighted by Gasteiger charge is -2.41. The fraction of sp³-hybridized carbons (Fsp3) is 0.596. The number of piperidine rings is 4. The fourth-order valence-corrected chi connectivity index (χ4v) is 19.8. The van der Waals surface area contributed by atoms with Gasteiger partial charge in [-0.25, -0.2) is 80.1 Å². The number of carboxylic acids is 4. The van der Waals surface area contributed by atoms with Gasteiger partial charge in [-0.2, -0.15) is 5.10 Å². The molecule has 0 aromatic carbocycles. The topological polar surface area (TPSA) is 675 Å². The van der Waals surface area contributed by atoms with E-state index in [-0.39, 0.29) is 140 Å². The number of aliphatic hydroxyl groups is 4. The maximum absolute atomic E-state index is 12.7. The van der Waals surface area contributed by atoms with Crippen LogP contribution in [0.4, 0.5) is 42.4 Å². The van der Waals surface area contributed by atoms with Gasteiger partial charge in [-0.1, -0.05) is 37.3 Å². The molecule has 8 aliphatic heterocycles. The molecule has 14 heterocycles. The number of carbonyl (C=O) groups excluding carboxylic acids is 8. The van der Waals surface area contributed by atoms with E-state index in [1.807, 2.05) is 44.2 Å². The van der Waals surface area contributed by atoms with Gasteiger partial charge in [0.15, 0.2) is 24.2 Å². The molecule has 0 saturated carbocycles. The Morgan fingerprint density at radius 1 is 0.378 bits per heavy atom. The number of nitrogens with zero attached hydrogens (tertiary/aromatic N) is 11. The Labute approximate surface area is 859 Å². The Balaban J connectivity index is 0.000000187. The summed E-state index contributed by atoms with van der Waals surface area (Å²) in [6.07, 6.45) is 17.8. The number of pyridine rings is 5. The first-order chi connectivity index (χ1) is 70.5. The van der Waals surface area contributed by atoms with Crippen molar-refractivity contribution in [2.75, 3.05) is 150 Å². The number of sulfone groups is 2. The molecule has 6 aromatic heterocycles. The highest BCUT2D eigenvalue weighted by Crippen LogP contribution is 2.33. The number of fused-ring (bicyclic) bond motifs is 4. The largest absolute Gasteiger partial charge is 0.480 e. The van der Waals surface area contributed by atoms with Crippen molar-refractivity contribution in [3.8, 4) is 0 Å². The van der Waals surface area contributed by atoms with Gasteiger partial charge in [0.2, 0.25) is 17.7 Å². The first-order valence-electron chi connectivity index (χ1n) is 50.8. The Morgan fingerprint density at radius 2 is 0.662 bits per heavy atom. The van der Waals surface area contributed by atoms with Crippen molar-refractivity contribution in [1.82, 2.24) is 96.8 Å². The van der Waals surface area contributed by atoms with Gasteiger partial charge in [0.25, 0.3) is 5.91 Å². The maximum atomic E-state index is 12.7. The number of hydrogen-bond acceptors (Lipinski definition) is 30. The van der Waals surface area contributed by atoms with E-state index in [4.69, 9.17) is 0 Å². The van der Waals surface area contributed by atoms with Crippen molar-refractivity contribution in [3.63, 3.8) is 0 Å². The third kappa shape index (κ3) is 34.7. The van der Waals surface area contributed by atoms with Crippen LogP contribution in [0.1, 0.15) is 196 Å². The van der Waals surface area contributed by atoms with E-state index in [0.29, 0.717) is 70.5 Å². The van der Waals surface area contributed by atoms with Crippen LogP contribution in [0.3, 0.4) is 0 Å². The number of likely N-dealkylation sites (tertiary alicyclic amines) is 4. The van der Waals surface area contributed by atoms with Crippen LogP contribution in [-0.2, 0) is 118 Å². The summed E-state index contributed by atoms with van der Waals surface area (Å²) in [5, 5.41) is 121. The summed E-state index contributed by atoms with van der Waals surface area (Å²) in [4.78, 5) is 176. The van der Waals surface area contributed by atoms with Gasteiger partial charge in [-0.3, -0.25) is 23.9 Å². The number of rotatable bonds is 39. The number of carboxylic acid groups (broad SMARTS) is 4. The Hall–Kier alpha value is -13.3. The minimum Gasteiger partial charge on any atom is -0.480 e. The summed E-state index contributed by atoms with van der Waals surface area (Å²) in [7, 11) is -6.78. The second-order valence-electron chi connectivity index (χ2n) is 38.9. The predicted octanol–water partition coefficient (Wildman–Crippen LogP) is 2.65. The highest BCUT2D eigenvalue weighted by Gasteiger charge is 2.50. The molecule has 14 rings (SSSR count). The number of nitrogens with one attached hydrogen (secondary N) is 12. The Kier molecular flexibility index (Phi) is 42.0. The molecule has 20 N–H and O–H groups in total. The molecule has 4 atom stereocenters. The van der Waals surface area contributed by atoms with E-state index >= 15 is 0 Å². The van der Waals surface area contributed by atoms with Crippen molar-refractivity contribution in [3.05, 3.63) is 141 Å². The molecule has 8 aliphatic rings. The summed E-state index contributed by atoms with van der Waals surface area (Å²) in [5.74, 6) is -5.22. The molecule has 12 amide bonds. The van der Waals surface area contributed by atoms with E-state index in [0.717, 1.165) is 167 Å². The molecule has 4 unspecified atom stereocenters. The second-order valence-corrected chi connectivity index (χ2v) is 43.4. The molecule has 6 aromatic rings. The number of hydrogen-bond donors (Lipinski definition) is 20. The van der Waals surface area contributed by atoms with E-state index in [9.17, 15) is 115 Å². The molecule has 0 bridgehead atoms. The zero-order chi connectivity index (χ0) is 107. The smallest absolute Gasteiger partial charge is 0.329 e. The van der Waals surface area contributed by atoms with Crippen LogP contribution in [0.25, 0.3) is 0 Å².